The summed E-state index contributed by atoms with van der Waals surface area (Å²) in [6.07, 6.45) is 4.75. The third kappa shape index (κ3) is 3.41. The fraction of sp³-hybridized carbons (Fsp3) is 0.778. The normalized spacial score (nSPS) is 32.8. The molecule has 2 saturated heterocycles. The van der Waals surface area contributed by atoms with Crippen molar-refractivity contribution in [3.05, 3.63) is 18.0 Å². The Morgan fingerprint density at radius 1 is 1.12 bits per heavy atom. The van der Waals surface area contributed by atoms with E-state index in [4.69, 9.17) is 9.47 Å². The first-order chi connectivity index (χ1) is 11.5. The van der Waals surface area contributed by atoms with Crippen molar-refractivity contribution in [2.45, 2.75) is 63.3 Å². The topological polar surface area (TPSA) is 68.3 Å². The standard InChI is InChI=1S/C18H28N4O2/c1-18(2,3)14-6-7-19-17(22-14)21-13-10-24-15-12(9-23-16(13)15)20-8-11-4-5-11/h6-7,11-13,15-16,20H,4-5,8-10H2,1-3H3,(H,19,21,22). The van der Waals surface area contributed by atoms with Crippen LogP contribution in [0.4, 0.5) is 5.95 Å². The van der Waals surface area contributed by atoms with Gasteiger partial charge in [-0.15, -0.1) is 0 Å². The van der Waals surface area contributed by atoms with Crippen molar-refractivity contribution >= 4 is 5.95 Å². The first kappa shape index (κ1) is 16.2. The van der Waals surface area contributed by atoms with Crippen LogP contribution < -0.4 is 10.6 Å². The first-order valence-corrected chi connectivity index (χ1v) is 9.07. The molecule has 0 amide bonds. The van der Waals surface area contributed by atoms with Gasteiger partial charge >= 0.3 is 0 Å². The van der Waals surface area contributed by atoms with Gasteiger partial charge in [0.15, 0.2) is 0 Å². The van der Waals surface area contributed by atoms with Gasteiger partial charge in [-0.05, 0) is 31.4 Å². The number of hydrogen-bond acceptors (Lipinski definition) is 6. The average Bonchev–Trinajstić information content (AvgIpc) is 3.16. The summed E-state index contributed by atoms with van der Waals surface area (Å²) < 4.78 is 12.0. The molecule has 4 unspecified atom stereocenters. The van der Waals surface area contributed by atoms with E-state index in [1.807, 2.05) is 12.3 Å². The zero-order valence-corrected chi connectivity index (χ0v) is 14.8. The second kappa shape index (κ2) is 6.24. The molecule has 1 saturated carbocycles. The van der Waals surface area contributed by atoms with Crippen molar-refractivity contribution in [1.29, 1.82) is 0 Å². The minimum absolute atomic E-state index is 0.00969. The lowest BCUT2D eigenvalue weighted by atomic mass is 9.92. The molecule has 3 aliphatic rings. The van der Waals surface area contributed by atoms with Crippen LogP contribution >= 0.6 is 0 Å². The van der Waals surface area contributed by atoms with Crippen molar-refractivity contribution in [2.75, 3.05) is 25.1 Å². The number of hydrogen-bond donors (Lipinski definition) is 2. The Balaban J connectivity index is 1.38. The highest BCUT2D eigenvalue weighted by atomic mass is 16.6. The molecular formula is C18H28N4O2. The number of ether oxygens (including phenoxy) is 2. The molecule has 0 radical (unpaired) electrons. The van der Waals surface area contributed by atoms with E-state index in [9.17, 15) is 0 Å². The van der Waals surface area contributed by atoms with Crippen LogP contribution in [0.5, 0.6) is 0 Å². The molecule has 4 rings (SSSR count). The lowest BCUT2D eigenvalue weighted by Crippen LogP contribution is -2.42. The molecule has 1 aromatic rings. The predicted molar refractivity (Wildman–Crippen MR) is 92.1 cm³/mol. The summed E-state index contributed by atoms with van der Waals surface area (Å²) in [7, 11) is 0. The Kier molecular flexibility index (Phi) is 4.22. The molecule has 1 aromatic heterocycles. The molecule has 6 heteroatoms. The summed E-state index contributed by atoms with van der Waals surface area (Å²) in [6, 6.07) is 2.39. The number of fused-ring (bicyclic) bond motifs is 1. The molecule has 0 spiro atoms. The molecule has 1 aliphatic carbocycles. The zero-order valence-electron chi connectivity index (χ0n) is 14.8. The molecule has 0 bridgehead atoms. The van der Waals surface area contributed by atoms with E-state index in [1.54, 1.807) is 0 Å². The van der Waals surface area contributed by atoms with E-state index in [2.05, 4.69) is 41.4 Å². The number of nitrogens with zero attached hydrogens (tertiary/aromatic N) is 2. The molecule has 3 heterocycles. The quantitative estimate of drug-likeness (QED) is 0.856. The van der Waals surface area contributed by atoms with Crippen LogP contribution in [0.1, 0.15) is 39.3 Å². The molecule has 4 atom stereocenters. The largest absolute Gasteiger partial charge is 0.371 e. The van der Waals surface area contributed by atoms with Crippen LogP contribution in [-0.2, 0) is 14.9 Å². The lowest BCUT2D eigenvalue weighted by Gasteiger charge is -2.21. The highest BCUT2D eigenvalue weighted by molar-refractivity contribution is 5.30. The van der Waals surface area contributed by atoms with Crippen LogP contribution in [0.25, 0.3) is 0 Å². The molecule has 24 heavy (non-hydrogen) atoms. The van der Waals surface area contributed by atoms with E-state index in [0.717, 1.165) is 24.8 Å². The van der Waals surface area contributed by atoms with Crippen molar-refractivity contribution < 1.29 is 9.47 Å². The van der Waals surface area contributed by atoms with E-state index in [0.29, 0.717) is 18.6 Å². The molecule has 132 valence electrons. The fourth-order valence-electron chi connectivity index (χ4n) is 3.45. The van der Waals surface area contributed by atoms with Gasteiger partial charge in [-0.1, -0.05) is 20.8 Å². The summed E-state index contributed by atoms with van der Waals surface area (Å²) >= 11 is 0. The third-order valence-corrected chi connectivity index (χ3v) is 5.16. The van der Waals surface area contributed by atoms with E-state index in [1.165, 1.54) is 12.8 Å². The Labute approximate surface area is 143 Å². The molecule has 6 nitrogen and oxygen atoms in total. The highest BCUT2D eigenvalue weighted by Gasteiger charge is 2.48. The minimum atomic E-state index is 0.00969. The average molecular weight is 332 g/mol. The summed E-state index contributed by atoms with van der Waals surface area (Å²) in [5.74, 6) is 1.53. The second-order valence-corrected chi connectivity index (χ2v) is 8.32. The predicted octanol–water partition coefficient (Wildman–Crippen LogP) is 1.72. The SMILES string of the molecule is CC(C)(C)c1ccnc(NC2COC3C(NCC4CC4)COC23)n1. The monoisotopic (exact) mass is 332 g/mol. The van der Waals surface area contributed by atoms with Gasteiger partial charge in [0.25, 0.3) is 0 Å². The third-order valence-electron chi connectivity index (χ3n) is 5.16. The van der Waals surface area contributed by atoms with Gasteiger partial charge in [-0.3, -0.25) is 0 Å². The number of rotatable bonds is 5. The molecule has 2 N–H and O–H groups in total. The van der Waals surface area contributed by atoms with Crippen LogP contribution in [0.2, 0.25) is 0 Å². The van der Waals surface area contributed by atoms with Crippen molar-refractivity contribution in [2.24, 2.45) is 5.92 Å². The maximum absolute atomic E-state index is 6.02. The van der Waals surface area contributed by atoms with Gasteiger partial charge in [0, 0.05) is 11.6 Å². The minimum Gasteiger partial charge on any atom is -0.371 e. The first-order valence-electron chi connectivity index (χ1n) is 9.07. The summed E-state index contributed by atoms with van der Waals surface area (Å²) in [5.41, 5.74) is 1.04. The Hall–Kier alpha value is -1.24. The van der Waals surface area contributed by atoms with Gasteiger partial charge < -0.3 is 20.1 Å². The number of nitrogens with one attached hydrogen (secondary N) is 2. The van der Waals surface area contributed by atoms with E-state index >= 15 is 0 Å². The molecule has 3 fully saturated rings. The smallest absolute Gasteiger partial charge is 0.223 e. The maximum Gasteiger partial charge on any atom is 0.223 e. The Bertz CT molecular complexity index is 585. The van der Waals surface area contributed by atoms with Crippen LogP contribution in [0.15, 0.2) is 12.3 Å². The number of anilines is 1. The molecule has 0 aromatic carbocycles. The summed E-state index contributed by atoms with van der Waals surface area (Å²) in [6.45, 7) is 8.93. The second-order valence-electron chi connectivity index (χ2n) is 8.32. The van der Waals surface area contributed by atoms with Crippen LogP contribution in [0, 0.1) is 5.92 Å². The van der Waals surface area contributed by atoms with Crippen molar-refractivity contribution in [3.63, 3.8) is 0 Å². The fourth-order valence-corrected chi connectivity index (χ4v) is 3.45. The van der Waals surface area contributed by atoms with Crippen molar-refractivity contribution in [1.82, 2.24) is 15.3 Å². The van der Waals surface area contributed by atoms with Gasteiger partial charge in [0.1, 0.15) is 12.2 Å². The molecular weight excluding hydrogens is 304 g/mol. The van der Waals surface area contributed by atoms with Crippen LogP contribution in [-0.4, -0.2) is 54.0 Å². The van der Waals surface area contributed by atoms with Crippen molar-refractivity contribution in [3.8, 4) is 0 Å². The van der Waals surface area contributed by atoms with Gasteiger partial charge in [-0.2, -0.15) is 0 Å². The highest BCUT2D eigenvalue weighted by Crippen LogP contribution is 2.31. The number of aromatic nitrogens is 2. The van der Waals surface area contributed by atoms with Gasteiger partial charge in [0.05, 0.1) is 31.0 Å². The van der Waals surface area contributed by atoms with E-state index in [-0.39, 0.29) is 23.7 Å². The maximum atomic E-state index is 6.02. The zero-order chi connectivity index (χ0) is 16.7. The Morgan fingerprint density at radius 3 is 2.54 bits per heavy atom. The van der Waals surface area contributed by atoms with Gasteiger partial charge in [0.2, 0.25) is 5.95 Å². The van der Waals surface area contributed by atoms with Gasteiger partial charge in [-0.25, -0.2) is 9.97 Å². The van der Waals surface area contributed by atoms with Crippen LogP contribution in [0.3, 0.4) is 0 Å². The summed E-state index contributed by atoms with van der Waals surface area (Å²) in [5, 5.41) is 7.04. The Morgan fingerprint density at radius 2 is 1.83 bits per heavy atom. The molecule has 2 aliphatic heterocycles. The summed E-state index contributed by atoms with van der Waals surface area (Å²) in [4.78, 5) is 9.03. The van der Waals surface area contributed by atoms with E-state index < -0.39 is 0 Å². The lowest BCUT2D eigenvalue weighted by molar-refractivity contribution is 0.0675.